The zero-order chi connectivity index (χ0) is 29.5. The van der Waals surface area contributed by atoms with Gasteiger partial charge >= 0.3 is 18.4 Å². The largest absolute Gasteiger partial charge is 0.416 e. The summed E-state index contributed by atoms with van der Waals surface area (Å²) in [6, 6.07) is 9.68. The second kappa shape index (κ2) is 10.9. The van der Waals surface area contributed by atoms with Gasteiger partial charge in [-0.15, -0.1) is 0 Å². The molecule has 4 rings (SSSR count). The summed E-state index contributed by atoms with van der Waals surface area (Å²) in [6.45, 7) is 4.75. The Kier molecular flexibility index (Phi) is 8.13. The molecule has 0 bridgehead atoms. The molecule has 0 spiro atoms. The van der Waals surface area contributed by atoms with Crippen LogP contribution in [0.2, 0.25) is 0 Å². The number of morpholine rings is 1. The van der Waals surface area contributed by atoms with Gasteiger partial charge in [0, 0.05) is 39.1 Å². The molecule has 3 amide bonds. The Hall–Kier alpha value is -3.28. The molecule has 0 N–H and O–H groups in total. The lowest BCUT2D eigenvalue weighted by atomic mass is 9.80. The number of urea groups is 1. The molecule has 0 saturated carbocycles. The molecule has 12 heteroatoms. The predicted molar refractivity (Wildman–Crippen MR) is 135 cm³/mol. The molecule has 218 valence electrons. The third-order valence-corrected chi connectivity index (χ3v) is 7.73. The predicted octanol–water partition coefficient (Wildman–Crippen LogP) is 5.38. The van der Waals surface area contributed by atoms with Crippen molar-refractivity contribution in [2.75, 3.05) is 46.4 Å². The van der Waals surface area contributed by atoms with Crippen LogP contribution in [0.5, 0.6) is 0 Å². The average Bonchev–Trinajstić information content (AvgIpc) is 3.37. The number of likely N-dealkylation sites (tertiary alicyclic amines) is 1. The van der Waals surface area contributed by atoms with E-state index in [0.29, 0.717) is 45.0 Å². The number of ether oxygens (including phenoxy) is 1. The summed E-state index contributed by atoms with van der Waals surface area (Å²) >= 11 is 0. The van der Waals surface area contributed by atoms with Crippen molar-refractivity contribution in [3.05, 3.63) is 70.8 Å². The van der Waals surface area contributed by atoms with Gasteiger partial charge in [0.25, 0.3) is 0 Å². The first-order valence-corrected chi connectivity index (χ1v) is 12.8. The van der Waals surface area contributed by atoms with Gasteiger partial charge in [-0.1, -0.05) is 30.3 Å². The number of hydrogen-bond acceptors (Lipinski definition) is 3. The Bertz CT molecular complexity index is 1190. The highest BCUT2D eigenvalue weighted by atomic mass is 19.4. The van der Waals surface area contributed by atoms with Crippen molar-refractivity contribution in [1.82, 2.24) is 14.7 Å². The number of benzene rings is 2. The van der Waals surface area contributed by atoms with Crippen molar-refractivity contribution in [3.8, 4) is 0 Å². The second-order valence-electron chi connectivity index (χ2n) is 10.7. The highest BCUT2D eigenvalue weighted by molar-refractivity contribution is 5.88. The summed E-state index contributed by atoms with van der Waals surface area (Å²) in [4.78, 5) is 31.8. The standard InChI is InChI=1S/C28H31F6N3O3/c1-26(2,19-13-20(27(29,30)31)15-21(14-19)28(32,33)34)24(38)35(3)23-17-37(25(39)36-9-11-40-12-10-36)16-22(23)18-7-5-4-6-8-18/h4-8,13-15,22-23H,9-12,16-17H2,1-3H3/t22-,23+/m0/s1. The molecule has 0 unspecified atom stereocenters. The lowest BCUT2D eigenvalue weighted by molar-refractivity contribution is -0.144. The molecule has 0 aliphatic carbocycles. The monoisotopic (exact) mass is 571 g/mol. The minimum Gasteiger partial charge on any atom is -0.378 e. The van der Waals surface area contributed by atoms with Gasteiger partial charge in [0.1, 0.15) is 0 Å². The van der Waals surface area contributed by atoms with Gasteiger partial charge in [0.2, 0.25) is 5.91 Å². The van der Waals surface area contributed by atoms with Crippen LogP contribution in [0.25, 0.3) is 0 Å². The van der Waals surface area contributed by atoms with E-state index in [1.54, 1.807) is 9.80 Å². The van der Waals surface area contributed by atoms with Gasteiger partial charge in [0.15, 0.2) is 0 Å². The number of likely N-dealkylation sites (N-methyl/N-ethyl adjacent to an activating group) is 1. The minimum atomic E-state index is -5.04. The Labute approximate surface area is 228 Å². The maximum atomic E-state index is 13.9. The lowest BCUT2D eigenvalue weighted by Crippen LogP contribution is -2.50. The summed E-state index contributed by atoms with van der Waals surface area (Å²) in [6.07, 6.45) is -10.1. The summed E-state index contributed by atoms with van der Waals surface area (Å²) in [5.41, 5.74) is -4.24. The number of alkyl halides is 6. The fourth-order valence-electron chi connectivity index (χ4n) is 5.35. The van der Waals surface area contributed by atoms with E-state index in [1.807, 2.05) is 30.3 Å². The maximum Gasteiger partial charge on any atom is 0.416 e. The van der Waals surface area contributed by atoms with Crippen molar-refractivity contribution in [3.63, 3.8) is 0 Å². The smallest absolute Gasteiger partial charge is 0.378 e. The normalized spacial score (nSPS) is 20.5. The van der Waals surface area contributed by atoms with Crippen LogP contribution in [-0.2, 0) is 27.3 Å². The zero-order valence-electron chi connectivity index (χ0n) is 22.4. The molecule has 0 radical (unpaired) electrons. The first kappa shape index (κ1) is 29.7. The first-order chi connectivity index (χ1) is 18.6. The highest BCUT2D eigenvalue weighted by Crippen LogP contribution is 2.40. The second-order valence-corrected chi connectivity index (χ2v) is 10.7. The lowest BCUT2D eigenvalue weighted by Gasteiger charge is -2.36. The molecule has 2 saturated heterocycles. The van der Waals surface area contributed by atoms with Gasteiger partial charge < -0.3 is 19.4 Å². The molecule has 2 atom stereocenters. The number of halogens is 6. The molecule has 2 heterocycles. The topological polar surface area (TPSA) is 53.1 Å². The van der Waals surface area contributed by atoms with Gasteiger partial charge in [-0.3, -0.25) is 4.79 Å². The van der Waals surface area contributed by atoms with Gasteiger partial charge in [0.05, 0.1) is 35.8 Å². The Morgan fingerprint density at radius 1 is 0.825 bits per heavy atom. The van der Waals surface area contributed by atoms with Crippen LogP contribution >= 0.6 is 0 Å². The fraction of sp³-hybridized carbons (Fsp3) is 0.500. The van der Waals surface area contributed by atoms with E-state index < -0.39 is 46.4 Å². The van der Waals surface area contributed by atoms with E-state index in [2.05, 4.69) is 0 Å². The van der Waals surface area contributed by atoms with Gasteiger partial charge in [-0.25, -0.2) is 4.79 Å². The molecule has 2 fully saturated rings. The van der Waals surface area contributed by atoms with Crippen LogP contribution in [0, 0.1) is 0 Å². The van der Waals surface area contributed by atoms with E-state index in [4.69, 9.17) is 4.74 Å². The third-order valence-electron chi connectivity index (χ3n) is 7.73. The van der Waals surface area contributed by atoms with Crippen LogP contribution < -0.4 is 0 Å². The number of hydrogen-bond donors (Lipinski definition) is 0. The summed E-state index contributed by atoms with van der Waals surface area (Å²) in [5.74, 6) is -0.977. The molecule has 2 aromatic rings. The molecule has 2 aliphatic rings. The molecule has 0 aromatic heterocycles. The number of rotatable bonds is 4. The zero-order valence-corrected chi connectivity index (χ0v) is 22.4. The molecular weight excluding hydrogens is 540 g/mol. The Balaban J connectivity index is 1.67. The van der Waals surface area contributed by atoms with E-state index in [-0.39, 0.29) is 24.6 Å². The molecule has 40 heavy (non-hydrogen) atoms. The molecule has 2 aliphatic heterocycles. The fourth-order valence-corrected chi connectivity index (χ4v) is 5.35. The number of nitrogens with zero attached hydrogens (tertiary/aromatic N) is 3. The summed E-state index contributed by atoms with van der Waals surface area (Å²) in [5, 5.41) is 0. The van der Waals surface area contributed by atoms with Crippen LogP contribution in [0.15, 0.2) is 48.5 Å². The van der Waals surface area contributed by atoms with E-state index in [1.165, 1.54) is 25.8 Å². The first-order valence-electron chi connectivity index (χ1n) is 12.8. The van der Waals surface area contributed by atoms with Crippen molar-refractivity contribution in [2.45, 2.75) is 43.6 Å². The van der Waals surface area contributed by atoms with Crippen LogP contribution in [0.4, 0.5) is 31.1 Å². The molecule has 6 nitrogen and oxygen atoms in total. The minimum absolute atomic E-state index is 0.0469. The molecular formula is C28H31F6N3O3. The highest BCUT2D eigenvalue weighted by Gasteiger charge is 2.46. The maximum absolute atomic E-state index is 13.9. The average molecular weight is 572 g/mol. The van der Waals surface area contributed by atoms with Crippen molar-refractivity contribution < 1.29 is 40.7 Å². The van der Waals surface area contributed by atoms with E-state index in [9.17, 15) is 35.9 Å². The van der Waals surface area contributed by atoms with Crippen molar-refractivity contribution >= 4 is 11.9 Å². The summed E-state index contributed by atoms with van der Waals surface area (Å²) in [7, 11) is 1.48. The van der Waals surface area contributed by atoms with Crippen LogP contribution in [0.3, 0.4) is 0 Å². The van der Waals surface area contributed by atoms with Crippen LogP contribution in [0.1, 0.15) is 42.0 Å². The van der Waals surface area contributed by atoms with Gasteiger partial charge in [-0.2, -0.15) is 26.3 Å². The van der Waals surface area contributed by atoms with E-state index in [0.717, 1.165) is 5.56 Å². The van der Waals surface area contributed by atoms with Crippen LogP contribution in [-0.4, -0.2) is 79.1 Å². The quantitative estimate of drug-likeness (QED) is 0.464. The number of carbonyl (C=O) groups excluding carboxylic acids is 2. The number of carbonyl (C=O) groups is 2. The van der Waals surface area contributed by atoms with Crippen molar-refractivity contribution in [1.29, 1.82) is 0 Å². The Morgan fingerprint density at radius 3 is 1.88 bits per heavy atom. The van der Waals surface area contributed by atoms with Crippen molar-refractivity contribution in [2.24, 2.45) is 0 Å². The number of amides is 3. The van der Waals surface area contributed by atoms with Gasteiger partial charge in [-0.05, 0) is 43.2 Å². The SMILES string of the molecule is CN(C(=O)C(C)(C)c1cc(C(F)(F)F)cc(C(F)(F)F)c1)[C@@H]1CN(C(=O)N2CCOCC2)C[C@H]1c1ccccc1. The van der Waals surface area contributed by atoms with E-state index >= 15 is 0 Å². The Morgan fingerprint density at radius 2 is 1.35 bits per heavy atom. The summed E-state index contributed by atoms with van der Waals surface area (Å²) < 4.78 is 86.5. The third kappa shape index (κ3) is 6.06. The molecule has 2 aromatic carbocycles.